The van der Waals surface area contributed by atoms with Gasteiger partial charge in [-0.15, -0.1) is 0 Å². The molecule has 3 heterocycles. The molecule has 1 N–H and O–H groups in total. The largest absolute Gasteiger partial charge is 0.374 e. The van der Waals surface area contributed by atoms with Crippen LogP contribution in [-0.2, 0) is 14.8 Å². The summed E-state index contributed by atoms with van der Waals surface area (Å²) in [6, 6.07) is 5.20. The van der Waals surface area contributed by atoms with Crippen molar-refractivity contribution in [3.8, 4) is 0 Å². The molecule has 2 aromatic rings. The molecule has 1 fully saturated rings. The Balaban J connectivity index is 1.91. The van der Waals surface area contributed by atoms with Gasteiger partial charge in [0.1, 0.15) is 5.65 Å². The Morgan fingerprint density at radius 1 is 1.52 bits per heavy atom. The van der Waals surface area contributed by atoms with E-state index in [-0.39, 0.29) is 16.7 Å². The molecule has 0 amide bonds. The number of nitrogens with zero attached hydrogens (tertiary/aromatic N) is 2. The van der Waals surface area contributed by atoms with Crippen LogP contribution < -0.4 is 4.72 Å². The van der Waals surface area contributed by atoms with Gasteiger partial charge in [0, 0.05) is 19.3 Å². The molecular formula is C13H16ClN3O3S. The summed E-state index contributed by atoms with van der Waals surface area (Å²) in [5, 5.41) is -0.0763. The lowest BCUT2D eigenvalue weighted by Gasteiger charge is -2.23. The number of sulfonamides is 1. The number of nitrogens with one attached hydrogen (secondary N) is 1. The van der Waals surface area contributed by atoms with E-state index in [1.165, 1.54) is 4.40 Å². The second kappa shape index (κ2) is 5.24. The second-order valence-corrected chi connectivity index (χ2v) is 7.40. The normalized spacial score (nSPS) is 23.0. The lowest BCUT2D eigenvalue weighted by atomic mass is 10.0. The smallest absolute Gasteiger partial charge is 0.259 e. The standard InChI is InChI=1S/C13H16ClN3O3S/c1-13(6-4-8-20-13)9-15-21(18,19)12-11(14)16-10-5-2-3-7-17(10)12/h2-3,5,7,15H,4,6,8-9H2,1H3. The highest BCUT2D eigenvalue weighted by molar-refractivity contribution is 7.89. The number of hydrogen-bond acceptors (Lipinski definition) is 4. The molecule has 3 rings (SSSR count). The van der Waals surface area contributed by atoms with E-state index in [4.69, 9.17) is 16.3 Å². The zero-order valence-corrected chi connectivity index (χ0v) is 13.1. The van der Waals surface area contributed by atoms with Crippen molar-refractivity contribution in [3.05, 3.63) is 29.5 Å². The third kappa shape index (κ3) is 2.78. The van der Waals surface area contributed by atoms with E-state index in [2.05, 4.69) is 9.71 Å². The number of fused-ring (bicyclic) bond motifs is 1. The number of hydrogen-bond donors (Lipinski definition) is 1. The minimum absolute atomic E-state index is 0.0359. The van der Waals surface area contributed by atoms with Crippen molar-refractivity contribution in [2.75, 3.05) is 13.2 Å². The number of pyridine rings is 1. The van der Waals surface area contributed by atoms with Crippen LogP contribution in [0.1, 0.15) is 19.8 Å². The molecule has 6 nitrogen and oxygen atoms in total. The lowest BCUT2D eigenvalue weighted by molar-refractivity contribution is 0.0250. The summed E-state index contributed by atoms with van der Waals surface area (Å²) in [5.41, 5.74) is 0.0336. The molecule has 1 unspecified atom stereocenters. The van der Waals surface area contributed by atoms with Gasteiger partial charge in [-0.05, 0) is 31.9 Å². The highest BCUT2D eigenvalue weighted by Gasteiger charge is 2.33. The van der Waals surface area contributed by atoms with Gasteiger partial charge in [-0.3, -0.25) is 4.40 Å². The third-order valence-electron chi connectivity index (χ3n) is 3.64. The highest BCUT2D eigenvalue weighted by Crippen LogP contribution is 2.26. The van der Waals surface area contributed by atoms with E-state index in [1.54, 1.807) is 24.4 Å². The van der Waals surface area contributed by atoms with Crippen molar-refractivity contribution >= 4 is 27.3 Å². The zero-order valence-electron chi connectivity index (χ0n) is 11.5. The average molecular weight is 330 g/mol. The summed E-state index contributed by atoms with van der Waals surface area (Å²) in [4.78, 5) is 4.05. The van der Waals surface area contributed by atoms with Gasteiger partial charge in [0.15, 0.2) is 10.2 Å². The van der Waals surface area contributed by atoms with Gasteiger partial charge in [-0.2, -0.15) is 0 Å². The molecule has 114 valence electrons. The summed E-state index contributed by atoms with van der Waals surface area (Å²) in [5.74, 6) is 0. The van der Waals surface area contributed by atoms with Gasteiger partial charge in [-0.25, -0.2) is 18.1 Å². The third-order valence-corrected chi connectivity index (χ3v) is 5.44. The van der Waals surface area contributed by atoms with Gasteiger partial charge in [0.25, 0.3) is 10.0 Å². The zero-order chi connectivity index (χ0) is 15.1. The molecule has 0 saturated carbocycles. The molecule has 0 aliphatic carbocycles. The molecule has 1 aliphatic rings. The number of rotatable bonds is 4. The van der Waals surface area contributed by atoms with Gasteiger partial charge in [0.05, 0.1) is 5.60 Å². The molecule has 1 atom stereocenters. The van der Waals surface area contributed by atoms with E-state index < -0.39 is 15.6 Å². The summed E-state index contributed by atoms with van der Waals surface area (Å²) < 4.78 is 34.7. The van der Waals surface area contributed by atoms with Crippen LogP contribution in [0.25, 0.3) is 5.65 Å². The Morgan fingerprint density at radius 3 is 3.05 bits per heavy atom. The Morgan fingerprint density at radius 2 is 2.33 bits per heavy atom. The molecule has 8 heteroatoms. The predicted octanol–water partition coefficient (Wildman–Crippen LogP) is 1.84. The van der Waals surface area contributed by atoms with Gasteiger partial charge < -0.3 is 4.74 Å². The Kier molecular flexibility index (Phi) is 3.69. The fraction of sp³-hybridized carbons (Fsp3) is 0.462. The van der Waals surface area contributed by atoms with E-state index in [0.29, 0.717) is 12.3 Å². The maximum absolute atomic E-state index is 12.5. The molecule has 0 spiro atoms. The van der Waals surface area contributed by atoms with Crippen molar-refractivity contribution < 1.29 is 13.2 Å². The van der Waals surface area contributed by atoms with Gasteiger partial charge >= 0.3 is 0 Å². The summed E-state index contributed by atoms with van der Waals surface area (Å²) in [7, 11) is -3.76. The molecular weight excluding hydrogens is 314 g/mol. The number of aromatic nitrogens is 2. The van der Waals surface area contributed by atoms with Crippen molar-refractivity contribution in [1.82, 2.24) is 14.1 Å². The molecule has 0 aromatic carbocycles. The highest BCUT2D eigenvalue weighted by atomic mass is 35.5. The van der Waals surface area contributed by atoms with Crippen LogP contribution in [0.2, 0.25) is 5.15 Å². The molecule has 2 aromatic heterocycles. The second-order valence-electron chi connectivity index (χ2n) is 5.36. The maximum atomic E-state index is 12.5. The first-order chi connectivity index (χ1) is 9.91. The number of imidazole rings is 1. The first-order valence-electron chi connectivity index (χ1n) is 6.68. The average Bonchev–Trinajstić information content (AvgIpc) is 3.00. The van der Waals surface area contributed by atoms with Crippen LogP contribution in [0, 0.1) is 0 Å². The summed E-state index contributed by atoms with van der Waals surface area (Å²) >= 11 is 6.00. The van der Waals surface area contributed by atoms with Crippen LogP contribution >= 0.6 is 11.6 Å². The van der Waals surface area contributed by atoms with Crippen LogP contribution in [0.4, 0.5) is 0 Å². The monoisotopic (exact) mass is 329 g/mol. The van der Waals surface area contributed by atoms with Crippen LogP contribution in [0.15, 0.2) is 29.4 Å². The van der Waals surface area contributed by atoms with E-state index in [0.717, 1.165) is 12.8 Å². The molecule has 1 saturated heterocycles. The Hall–Kier alpha value is -1.15. The minimum Gasteiger partial charge on any atom is -0.374 e. The first kappa shape index (κ1) is 14.8. The van der Waals surface area contributed by atoms with Crippen molar-refractivity contribution in [3.63, 3.8) is 0 Å². The topological polar surface area (TPSA) is 72.7 Å². The Labute approximate surface area is 128 Å². The first-order valence-corrected chi connectivity index (χ1v) is 8.54. The van der Waals surface area contributed by atoms with Crippen molar-refractivity contribution in [1.29, 1.82) is 0 Å². The van der Waals surface area contributed by atoms with Crippen LogP contribution in [0.3, 0.4) is 0 Å². The SMILES string of the molecule is CC1(CNS(=O)(=O)c2c(Cl)nc3ccccn23)CCCO1. The van der Waals surface area contributed by atoms with Gasteiger partial charge in [0.2, 0.25) is 0 Å². The molecule has 0 bridgehead atoms. The minimum atomic E-state index is -3.76. The fourth-order valence-electron chi connectivity index (χ4n) is 2.48. The summed E-state index contributed by atoms with van der Waals surface area (Å²) in [6.07, 6.45) is 3.39. The van der Waals surface area contributed by atoms with E-state index in [1.807, 2.05) is 6.92 Å². The number of ether oxygens (including phenoxy) is 1. The van der Waals surface area contributed by atoms with Crippen molar-refractivity contribution in [2.24, 2.45) is 0 Å². The van der Waals surface area contributed by atoms with E-state index >= 15 is 0 Å². The molecule has 1 aliphatic heterocycles. The fourth-order valence-corrected chi connectivity index (χ4v) is 4.27. The summed E-state index contributed by atoms with van der Waals surface area (Å²) in [6.45, 7) is 2.78. The molecule has 21 heavy (non-hydrogen) atoms. The van der Waals surface area contributed by atoms with Gasteiger partial charge in [-0.1, -0.05) is 17.7 Å². The number of halogens is 1. The van der Waals surface area contributed by atoms with Crippen molar-refractivity contribution in [2.45, 2.75) is 30.4 Å². The van der Waals surface area contributed by atoms with Crippen LogP contribution in [0.5, 0.6) is 0 Å². The van der Waals surface area contributed by atoms with Crippen LogP contribution in [-0.4, -0.2) is 36.6 Å². The maximum Gasteiger partial charge on any atom is 0.259 e. The van der Waals surface area contributed by atoms with E-state index in [9.17, 15) is 8.42 Å². The predicted molar refractivity (Wildman–Crippen MR) is 79.0 cm³/mol. The molecule has 0 radical (unpaired) electrons. The Bertz CT molecular complexity index is 766. The quantitative estimate of drug-likeness (QED) is 0.929. The lowest BCUT2D eigenvalue weighted by Crippen LogP contribution is -2.40.